The molecule has 52 valence electrons. The molecule has 1 heterocycles. The van der Waals surface area contributed by atoms with Crippen molar-refractivity contribution in [3.05, 3.63) is 11.1 Å². The first-order chi connectivity index (χ1) is 4.38. The fraction of sp³-hybridized carbons (Fsp3) is 0.714. The first-order valence-electron chi connectivity index (χ1n) is 3.39. The highest BCUT2D eigenvalue weighted by atomic mass is 16.3. The highest BCUT2D eigenvalue weighted by Crippen LogP contribution is 2.11. The van der Waals surface area contributed by atoms with Gasteiger partial charge in [-0.25, -0.2) is 0 Å². The molecule has 0 saturated carbocycles. The highest BCUT2D eigenvalue weighted by molar-refractivity contribution is 5.22. The third-order valence-corrected chi connectivity index (χ3v) is 1.79. The van der Waals surface area contributed by atoms with Gasteiger partial charge in [-0.05, 0) is 17.6 Å². The minimum Gasteiger partial charge on any atom is -0.392 e. The van der Waals surface area contributed by atoms with Crippen molar-refractivity contribution in [2.75, 3.05) is 19.7 Å². The molecule has 0 aromatic carbocycles. The van der Waals surface area contributed by atoms with Gasteiger partial charge in [0, 0.05) is 13.1 Å². The fourth-order valence-corrected chi connectivity index (χ4v) is 0.974. The van der Waals surface area contributed by atoms with Crippen LogP contribution in [0.5, 0.6) is 0 Å². The molecular formula is C7H13NO. The molecule has 0 spiro atoms. The van der Waals surface area contributed by atoms with Gasteiger partial charge in [0.15, 0.2) is 0 Å². The Balaban J connectivity index is 2.51. The van der Waals surface area contributed by atoms with Gasteiger partial charge in [-0.15, -0.1) is 0 Å². The van der Waals surface area contributed by atoms with E-state index in [2.05, 4.69) is 12.2 Å². The highest BCUT2D eigenvalue weighted by Gasteiger charge is 2.10. The summed E-state index contributed by atoms with van der Waals surface area (Å²) in [5.74, 6) is 0. The summed E-state index contributed by atoms with van der Waals surface area (Å²) in [5.41, 5.74) is 2.62. The van der Waals surface area contributed by atoms with Crippen LogP contribution in [0.1, 0.15) is 13.3 Å². The largest absolute Gasteiger partial charge is 0.392 e. The Kier molecular flexibility index (Phi) is 2.25. The normalized spacial score (nSPS) is 17.3. The maximum absolute atomic E-state index is 8.78. The van der Waals surface area contributed by atoms with E-state index in [1.165, 1.54) is 11.1 Å². The molecule has 2 N–H and O–H groups in total. The van der Waals surface area contributed by atoms with E-state index >= 15 is 0 Å². The summed E-state index contributed by atoms with van der Waals surface area (Å²) in [6, 6.07) is 0. The van der Waals surface area contributed by atoms with E-state index in [9.17, 15) is 0 Å². The predicted octanol–water partition coefficient (Wildman–Crippen LogP) is 0.289. The van der Waals surface area contributed by atoms with Gasteiger partial charge in [0.2, 0.25) is 0 Å². The summed E-state index contributed by atoms with van der Waals surface area (Å²) in [5, 5.41) is 11.9. The van der Waals surface area contributed by atoms with Crippen LogP contribution in [-0.4, -0.2) is 24.8 Å². The van der Waals surface area contributed by atoms with Gasteiger partial charge in [-0.1, -0.05) is 6.92 Å². The molecule has 0 radical (unpaired) electrons. The lowest BCUT2D eigenvalue weighted by Crippen LogP contribution is -2.35. The van der Waals surface area contributed by atoms with E-state index in [1.807, 2.05) is 0 Å². The van der Waals surface area contributed by atoms with Gasteiger partial charge in [0.05, 0.1) is 6.61 Å². The summed E-state index contributed by atoms with van der Waals surface area (Å²) in [7, 11) is 0. The van der Waals surface area contributed by atoms with E-state index in [4.69, 9.17) is 5.11 Å². The molecule has 0 bridgehead atoms. The second-order valence-corrected chi connectivity index (χ2v) is 2.32. The van der Waals surface area contributed by atoms with Gasteiger partial charge in [0.25, 0.3) is 0 Å². The SMILES string of the molecule is CCC(CO)=C1CNC1. The summed E-state index contributed by atoms with van der Waals surface area (Å²) in [6.45, 7) is 4.30. The van der Waals surface area contributed by atoms with E-state index in [1.54, 1.807) is 0 Å². The minimum absolute atomic E-state index is 0.244. The van der Waals surface area contributed by atoms with Crippen LogP contribution < -0.4 is 5.32 Å². The van der Waals surface area contributed by atoms with Crippen LogP contribution in [0.25, 0.3) is 0 Å². The second-order valence-electron chi connectivity index (χ2n) is 2.32. The molecule has 0 amide bonds. The van der Waals surface area contributed by atoms with Crippen LogP contribution in [0, 0.1) is 0 Å². The van der Waals surface area contributed by atoms with Crippen LogP contribution in [0.2, 0.25) is 0 Å². The Morgan fingerprint density at radius 2 is 2.33 bits per heavy atom. The van der Waals surface area contributed by atoms with Crippen molar-refractivity contribution in [1.82, 2.24) is 5.32 Å². The number of hydrogen-bond acceptors (Lipinski definition) is 2. The smallest absolute Gasteiger partial charge is 0.0645 e. The summed E-state index contributed by atoms with van der Waals surface area (Å²) >= 11 is 0. The van der Waals surface area contributed by atoms with E-state index < -0.39 is 0 Å². The van der Waals surface area contributed by atoms with Crippen LogP contribution in [0.15, 0.2) is 11.1 Å². The van der Waals surface area contributed by atoms with Crippen LogP contribution >= 0.6 is 0 Å². The topological polar surface area (TPSA) is 32.3 Å². The van der Waals surface area contributed by atoms with Crippen molar-refractivity contribution in [1.29, 1.82) is 0 Å². The number of rotatable bonds is 2. The molecule has 0 atom stereocenters. The second kappa shape index (κ2) is 2.99. The third-order valence-electron chi connectivity index (χ3n) is 1.79. The first kappa shape index (κ1) is 6.78. The lowest BCUT2D eigenvalue weighted by molar-refractivity contribution is 0.324. The quantitative estimate of drug-likeness (QED) is 0.522. The molecule has 2 nitrogen and oxygen atoms in total. The van der Waals surface area contributed by atoms with Crippen molar-refractivity contribution < 1.29 is 5.11 Å². The molecule has 1 aliphatic rings. The monoisotopic (exact) mass is 127 g/mol. The molecule has 0 aromatic heterocycles. The molecule has 1 aliphatic heterocycles. The zero-order chi connectivity index (χ0) is 6.69. The van der Waals surface area contributed by atoms with Crippen LogP contribution in [0.4, 0.5) is 0 Å². The van der Waals surface area contributed by atoms with Gasteiger partial charge in [0.1, 0.15) is 0 Å². The van der Waals surface area contributed by atoms with Crippen LogP contribution in [-0.2, 0) is 0 Å². The summed E-state index contributed by atoms with van der Waals surface area (Å²) in [4.78, 5) is 0. The Morgan fingerprint density at radius 1 is 1.67 bits per heavy atom. The molecule has 1 fully saturated rings. The first-order valence-corrected chi connectivity index (χ1v) is 3.39. The van der Waals surface area contributed by atoms with E-state index in [0.717, 1.165) is 19.5 Å². The third kappa shape index (κ3) is 1.32. The van der Waals surface area contributed by atoms with E-state index in [-0.39, 0.29) is 6.61 Å². The number of nitrogens with one attached hydrogen (secondary N) is 1. The Morgan fingerprint density at radius 3 is 2.44 bits per heavy atom. The predicted molar refractivity (Wildman–Crippen MR) is 37.3 cm³/mol. The molecule has 9 heavy (non-hydrogen) atoms. The molecule has 0 unspecified atom stereocenters. The minimum atomic E-state index is 0.244. The lowest BCUT2D eigenvalue weighted by atomic mass is 10.0. The maximum atomic E-state index is 8.78. The molecular weight excluding hydrogens is 114 g/mol. The van der Waals surface area contributed by atoms with E-state index in [0.29, 0.717) is 0 Å². The molecule has 0 aromatic rings. The zero-order valence-electron chi connectivity index (χ0n) is 5.78. The van der Waals surface area contributed by atoms with Crippen molar-refractivity contribution >= 4 is 0 Å². The summed E-state index contributed by atoms with van der Waals surface area (Å²) in [6.07, 6.45) is 0.994. The van der Waals surface area contributed by atoms with Gasteiger partial charge in [-0.3, -0.25) is 0 Å². The standard InChI is InChI=1S/C7H13NO/c1-2-6(5-9)7-3-8-4-7/h8-9H,2-5H2,1H3. The Bertz CT molecular complexity index is 117. The van der Waals surface area contributed by atoms with Gasteiger partial charge in [-0.2, -0.15) is 0 Å². The van der Waals surface area contributed by atoms with Gasteiger partial charge >= 0.3 is 0 Å². The zero-order valence-corrected chi connectivity index (χ0v) is 5.78. The summed E-state index contributed by atoms with van der Waals surface area (Å²) < 4.78 is 0. The van der Waals surface area contributed by atoms with Crippen molar-refractivity contribution in [3.8, 4) is 0 Å². The fourth-order valence-electron chi connectivity index (χ4n) is 0.974. The average molecular weight is 127 g/mol. The number of aliphatic hydroxyl groups is 1. The Hall–Kier alpha value is -0.340. The molecule has 0 aliphatic carbocycles. The van der Waals surface area contributed by atoms with Crippen molar-refractivity contribution in [2.24, 2.45) is 0 Å². The van der Waals surface area contributed by atoms with Crippen LogP contribution in [0.3, 0.4) is 0 Å². The molecule has 1 rings (SSSR count). The molecule has 2 heteroatoms. The maximum Gasteiger partial charge on any atom is 0.0645 e. The Labute approximate surface area is 55.6 Å². The lowest BCUT2D eigenvalue weighted by Gasteiger charge is -2.22. The van der Waals surface area contributed by atoms with Crippen molar-refractivity contribution in [3.63, 3.8) is 0 Å². The molecule has 1 saturated heterocycles. The average Bonchev–Trinajstić information content (AvgIpc) is 1.78. The van der Waals surface area contributed by atoms with Gasteiger partial charge < -0.3 is 10.4 Å². The number of aliphatic hydroxyl groups excluding tert-OH is 1. The van der Waals surface area contributed by atoms with Crippen molar-refractivity contribution in [2.45, 2.75) is 13.3 Å². The number of hydrogen-bond donors (Lipinski definition) is 2.